The molecule has 0 radical (unpaired) electrons. The molecule has 1 aliphatic heterocycles. The molecule has 3 aromatic heterocycles. The molecule has 0 saturated heterocycles. The fourth-order valence-electron chi connectivity index (χ4n) is 4.43. The molecular weight excluding hydrogens is 445 g/mol. The van der Waals surface area contributed by atoms with Crippen LogP contribution < -0.4 is 10.4 Å². The zero-order valence-corrected chi connectivity index (χ0v) is 18.2. The SMILES string of the molecule is C.COc1ccc(Cn2c(=O)n3ncnc3c3c4c(sc32)CN(C(=O)C2CC2)CC4)c(F)c1. The number of hydrogen-bond donors (Lipinski definition) is 0. The Morgan fingerprint density at radius 3 is 2.88 bits per heavy atom. The molecule has 4 heterocycles. The second-order valence-electron chi connectivity index (χ2n) is 8.29. The predicted molar refractivity (Wildman–Crippen MR) is 123 cm³/mol. The first kappa shape index (κ1) is 21.6. The lowest BCUT2D eigenvalue weighted by Crippen LogP contribution is -2.36. The summed E-state index contributed by atoms with van der Waals surface area (Å²) < 4.78 is 22.6. The molecule has 1 saturated carbocycles. The first-order valence-corrected chi connectivity index (χ1v) is 11.3. The molecule has 0 atom stereocenters. The Kier molecular flexibility index (Phi) is 5.19. The molecule has 1 aliphatic carbocycles. The van der Waals surface area contributed by atoms with Gasteiger partial charge in [-0.15, -0.1) is 11.3 Å². The molecule has 2 aliphatic rings. The second-order valence-corrected chi connectivity index (χ2v) is 9.37. The Morgan fingerprint density at radius 2 is 2.15 bits per heavy atom. The van der Waals surface area contributed by atoms with Gasteiger partial charge in [-0.25, -0.2) is 14.2 Å². The molecule has 0 bridgehead atoms. The van der Waals surface area contributed by atoms with E-state index >= 15 is 0 Å². The van der Waals surface area contributed by atoms with Crippen LogP contribution in [0.2, 0.25) is 0 Å². The van der Waals surface area contributed by atoms with E-state index in [9.17, 15) is 14.0 Å². The monoisotopic (exact) mass is 469 g/mol. The molecular formula is C23H24FN5O3S. The van der Waals surface area contributed by atoms with Gasteiger partial charge in [-0.3, -0.25) is 9.36 Å². The number of carbonyl (C=O) groups is 1. The summed E-state index contributed by atoms with van der Waals surface area (Å²) in [4.78, 5) is 33.9. The molecule has 4 aromatic rings. The zero-order chi connectivity index (χ0) is 22.0. The highest BCUT2D eigenvalue weighted by atomic mass is 32.1. The topological polar surface area (TPSA) is 81.7 Å². The van der Waals surface area contributed by atoms with E-state index in [0.29, 0.717) is 36.5 Å². The predicted octanol–water partition coefficient (Wildman–Crippen LogP) is 3.23. The minimum atomic E-state index is -0.439. The quantitative estimate of drug-likeness (QED) is 0.458. The van der Waals surface area contributed by atoms with Crippen LogP contribution in [-0.2, 0) is 24.3 Å². The van der Waals surface area contributed by atoms with Gasteiger partial charge in [-0.2, -0.15) is 9.61 Å². The summed E-state index contributed by atoms with van der Waals surface area (Å²) in [7, 11) is 1.48. The fourth-order valence-corrected chi connectivity index (χ4v) is 5.78. The number of amides is 1. The summed E-state index contributed by atoms with van der Waals surface area (Å²) in [5.74, 6) is 0.372. The third-order valence-corrected chi connectivity index (χ3v) is 7.53. The Balaban J connectivity index is 0.00000228. The molecule has 10 heteroatoms. The largest absolute Gasteiger partial charge is 0.497 e. The van der Waals surface area contributed by atoms with Gasteiger partial charge in [0.25, 0.3) is 0 Å². The number of halogens is 1. The minimum absolute atomic E-state index is 0. The number of nitrogens with zero attached hydrogens (tertiary/aromatic N) is 5. The van der Waals surface area contributed by atoms with Crippen LogP contribution in [0, 0.1) is 11.7 Å². The maximum absolute atomic E-state index is 14.7. The molecule has 33 heavy (non-hydrogen) atoms. The summed E-state index contributed by atoms with van der Waals surface area (Å²) in [5, 5.41) is 4.99. The maximum atomic E-state index is 14.7. The van der Waals surface area contributed by atoms with Gasteiger partial charge in [0, 0.05) is 29.0 Å². The Hall–Kier alpha value is -3.27. The number of methoxy groups -OCH3 is 1. The summed E-state index contributed by atoms with van der Waals surface area (Å²) in [6.45, 7) is 1.25. The van der Waals surface area contributed by atoms with E-state index in [1.165, 1.54) is 35.4 Å². The number of fused-ring (bicyclic) bond motifs is 5. The van der Waals surface area contributed by atoms with Crippen molar-refractivity contribution in [3.8, 4) is 5.75 Å². The fraction of sp³-hybridized carbons (Fsp3) is 0.391. The van der Waals surface area contributed by atoms with Gasteiger partial charge in [-0.1, -0.05) is 13.5 Å². The van der Waals surface area contributed by atoms with Crippen molar-refractivity contribution in [1.29, 1.82) is 0 Å². The van der Waals surface area contributed by atoms with Crippen LogP contribution in [0.3, 0.4) is 0 Å². The number of benzene rings is 1. The van der Waals surface area contributed by atoms with Crippen LogP contribution in [0.25, 0.3) is 15.9 Å². The lowest BCUT2D eigenvalue weighted by Gasteiger charge is -2.27. The Bertz CT molecular complexity index is 1450. The van der Waals surface area contributed by atoms with E-state index in [1.54, 1.807) is 16.7 Å². The van der Waals surface area contributed by atoms with Crippen LogP contribution in [0.15, 0.2) is 29.3 Å². The standard InChI is InChI=1S/C22H20FN5O3S.CH4/c1-31-14-5-4-13(16(23)8-14)9-27-21-18(19-24-11-25-28(19)22(27)30)15-6-7-26(10-17(15)32-21)20(29)12-2-3-12;/h4-5,8,11-12H,2-3,6-7,9-10H2,1H3;1H4. The number of rotatable bonds is 4. The highest BCUT2D eigenvalue weighted by Crippen LogP contribution is 2.39. The lowest BCUT2D eigenvalue weighted by atomic mass is 10.0. The van der Waals surface area contributed by atoms with Crippen LogP contribution in [-0.4, -0.2) is 43.6 Å². The molecule has 1 fully saturated rings. The van der Waals surface area contributed by atoms with Crippen molar-refractivity contribution < 1.29 is 13.9 Å². The number of thiophene rings is 1. The molecule has 1 amide bonds. The van der Waals surface area contributed by atoms with Crippen molar-refractivity contribution in [2.75, 3.05) is 13.7 Å². The molecule has 0 spiro atoms. The third-order valence-electron chi connectivity index (χ3n) is 6.29. The Labute approximate surface area is 193 Å². The van der Waals surface area contributed by atoms with Gasteiger partial charge >= 0.3 is 5.69 Å². The van der Waals surface area contributed by atoms with E-state index < -0.39 is 5.82 Å². The third kappa shape index (κ3) is 3.40. The molecule has 0 N–H and O–H groups in total. The van der Waals surface area contributed by atoms with E-state index in [4.69, 9.17) is 4.74 Å². The van der Waals surface area contributed by atoms with Crippen molar-refractivity contribution in [3.63, 3.8) is 0 Å². The van der Waals surface area contributed by atoms with Crippen LogP contribution in [0.5, 0.6) is 5.75 Å². The normalized spacial score (nSPS) is 15.5. The molecule has 6 rings (SSSR count). The van der Waals surface area contributed by atoms with Crippen molar-refractivity contribution in [2.45, 2.75) is 39.8 Å². The van der Waals surface area contributed by atoms with Crippen molar-refractivity contribution in [2.24, 2.45) is 5.92 Å². The molecule has 1 aromatic carbocycles. The second kappa shape index (κ2) is 7.95. The lowest BCUT2D eigenvalue weighted by molar-refractivity contribution is -0.133. The number of ether oxygens (including phenoxy) is 1. The maximum Gasteiger partial charge on any atom is 0.352 e. The smallest absolute Gasteiger partial charge is 0.352 e. The molecule has 8 nitrogen and oxygen atoms in total. The van der Waals surface area contributed by atoms with E-state index in [2.05, 4.69) is 10.1 Å². The highest BCUT2D eigenvalue weighted by molar-refractivity contribution is 7.19. The van der Waals surface area contributed by atoms with Crippen molar-refractivity contribution >= 4 is 33.1 Å². The summed E-state index contributed by atoms with van der Waals surface area (Å²) in [6, 6.07) is 4.61. The molecule has 0 unspecified atom stereocenters. The van der Waals surface area contributed by atoms with Crippen molar-refractivity contribution in [1.82, 2.24) is 24.1 Å². The first-order chi connectivity index (χ1) is 15.5. The van der Waals surface area contributed by atoms with E-state index in [0.717, 1.165) is 33.5 Å². The Morgan fingerprint density at radius 1 is 1.33 bits per heavy atom. The summed E-state index contributed by atoms with van der Waals surface area (Å²) in [6.07, 6.45) is 4.01. The van der Waals surface area contributed by atoms with Gasteiger partial charge in [-0.05, 0) is 30.9 Å². The zero-order valence-electron chi connectivity index (χ0n) is 17.4. The van der Waals surface area contributed by atoms with Gasteiger partial charge in [0.15, 0.2) is 5.65 Å². The minimum Gasteiger partial charge on any atom is -0.497 e. The van der Waals surface area contributed by atoms with Crippen LogP contribution in [0.1, 0.15) is 36.3 Å². The number of hydrogen-bond acceptors (Lipinski definition) is 6. The average Bonchev–Trinajstić information content (AvgIpc) is 3.41. The summed E-state index contributed by atoms with van der Waals surface area (Å²) in [5.41, 5.74) is 1.62. The van der Waals surface area contributed by atoms with Crippen molar-refractivity contribution in [3.05, 3.63) is 56.8 Å². The van der Waals surface area contributed by atoms with Gasteiger partial charge in [0.1, 0.15) is 22.7 Å². The van der Waals surface area contributed by atoms with Crippen LogP contribution >= 0.6 is 11.3 Å². The van der Waals surface area contributed by atoms with E-state index in [-0.39, 0.29) is 31.5 Å². The van der Waals surface area contributed by atoms with E-state index in [1.807, 2.05) is 4.90 Å². The average molecular weight is 470 g/mol. The van der Waals surface area contributed by atoms with Gasteiger partial charge in [0.05, 0.1) is 25.6 Å². The number of carbonyl (C=O) groups excluding carboxylic acids is 1. The molecule has 172 valence electrons. The first-order valence-electron chi connectivity index (χ1n) is 10.5. The number of aromatic nitrogens is 4. The van der Waals surface area contributed by atoms with Gasteiger partial charge < -0.3 is 9.64 Å². The van der Waals surface area contributed by atoms with Gasteiger partial charge in [0.2, 0.25) is 5.91 Å². The van der Waals surface area contributed by atoms with Crippen LogP contribution in [0.4, 0.5) is 4.39 Å². The highest BCUT2D eigenvalue weighted by Gasteiger charge is 2.36. The summed E-state index contributed by atoms with van der Waals surface area (Å²) >= 11 is 1.49.